The van der Waals surface area contributed by atoms with Gasteiger partial charge in [-0.25, -0.2) is 0 Å². The third-order valence-corrected chi connectivity index (χ3v) is 2.32. The Bertz CT molecular complexity index is 164. The molecule has 0 radical (unpaired) electrons. The van der Waals surface area contributed by atoms with Gasteiger partial charge in [0.15, 0.2) is 0 Å². The molecule has 0 bridgehead atoms. The van der Waals surface area contributed by atoms with Crippen molar-refractivity contribution in [2.24, 2.45) is 5.18 Å². The van der Waals surface area contributed by atoms with Crippen LogP contribution in [0.1, 0.15) is 6.92 Å². The van der Waals surface area contributed by atoms with Gasteiger partial charge >= 0.3 is 0 Å². The van der Waals surface area contributed by atoms with Crippen LogP contribution in [0.4, 0.5) is 0 Å². The van der Waals surface area contributed by atoms with Crippen LogP contribution in [0.15, 0.2) is 5.18 Å². The van der Waals surface area contributed by atoms with Crippen molar-refractivity contribution >= 4 is 0 Å². The first-order valence-electron chi connectivity index (χ1n) is 5.48. The molecule has 1 unspecified atom stereocenters. The molecule has 0 spiro atoms. The molecule has 0 amide bonds. The molecule has 0 aliphatic rings. The molecule has 0 saturated carbocycles. The third-order valence-electron chi connectivity index (χ3n) is 2.32. The minimum Gasteiger partial charge on any atom is -0.318 e. The number of hydrogen-bond donors (Lipinski definition) is 1. The Balaban J connectivity index is 3.93. The standard InChI is InChI=1S/C10H24N4O/c1-5-14(7-6-11-2)9-10(12-15)8-13(3)4/h10-11H,5-9H2,1-4H3. The fourth-order valence-corrected chi connectivity index (χ4v) is 1.49. The minimum atomic E-state index is -0.128. The first kappa shape index (κ1) is 14.5. The Morgan fingerprint density at radius 2 is 2.00 bits per heavy atom. The van der Waals surface area contributed by atoms with Gasteiger partial charge < -0.3 is 15.1 Å². The van der Waals surface area contributed by atoms with Crippen molar-refractivity contribution in [3.05, 3.63) is 4.91 Å². The Morgan fingerprint density at radius 3 is 2.40 bits per heavy atom. The molecular formula is C10H24N4O. The van der Waals surface area contributed by atoms with Crippen molar-refractivity contribution in [1.29, 1.82) is 0 Å². The lowest BCUT2D eigenvalue weighted by Gasteiger charge is -2.24. The molecule has 0 rings (SSSR count). The van der Waals surface area contributed by atoms with Crippen LogP contribution in [-0.4, -0.2) is 69.7 Å². The highest BCUT2D eigenvalue weighted by Gasteiger charge is 2.13. The highest BCUT2D eigenvalue weighted by Crippen LogP contribution is 1.98. The van der Waals surface area contributed by atoms with E-state index >= 15 is 0 Å². The molecule has 0 saturated heterocycles. The van der Waals surface area contributed by atoms with E-state index in [4.69, 9.17) is 0 Å². The molecule has 0 aromatic rings. The summed E-state index contributed by atoms with van der Waals surface area (Å²) in [6, 6.07) is -0.128. The third kappa shape index (κ3) is 7.41. The zero-order valence-corrected chi connectivity index (χ0v) is 10.4. The average Bonchev–Trinajstić information content (AvgIpc) is 2.21. The summed E-state index contributed by atoms with van der Waals surface area (Å²) in [4.78, 5) is 14.9. The van der Waals surface area contributed by atoms with E-state index in [9.17, 15) is 4.91 Å². The fraction of sp³-hybridized carbons (Fsp3) is 1.00. The van der Waals surface area contributed by atoms with Crippen LogP contribution in [0, 0.1) is 4.91 Å². The zero-order valence-electron chi connectivity index (χ0n) is 10.4. The van der Waals surface area contributed by atoms with Crippen LogP contribution in [-0.2, 0) is 0 Å². The molecule has 15 heavy (non-hydrogen) atoms. The van der Waals surface area contributed by atoms with Gasteiger partial charge in [-0.1, -0.05) is 12.1 Å². The normalized spacial score (nSPS) is 13.5. The summed E-state index contributed by atoms with van der Waals surface area (Å²) in [7, 11) is 5.85. The second kappa shape index (κ2) is 8.76. The SMILES string of the molecule is CCN(CCNC)CC(CN(C)C)N=O. The number of nitrogens with one attached hydrogen (secondary N) is 1. The van der Waals surface area contributed by atoms with Crippen molar-refractivity contribution in [2.45, 2.75) is 13.0 Å². The maximum Gasteiger partial charge on any atom is 0.117 e. The van der Waals surface area contributed by atoms with E-state index in [1.165, 1.54) is 0 Å². The van der Waals surface area contributed by atoms with E-state index in [0.29, 0.717) is 0 Å². The van der Waals surface area contributed by atoms with E-state index in [-0.39, 0.29) is 6.04 Å². The Morgan fingerprint density at radius 1 is 1.33 bits per heavy atom. The van der Waals surface area contributed by atoms with Gasteiger partial charge in [0.25, 0.3) is 0 Å². The van der Waals surface area contributed by atoms with E-state index in [2.05, 4.69) is 22.3 Å². The molecule has 0 fully saturated rings. The molecule has 90 valence electrons. The van der Waals surface area contributed by atoms with Gasteiger partial charge in [-0.15, -0.1) is 0 Å². The summed E-state index contributed by atoms with van der Waals surface area (Å²) in [5.41, 5.74) is 0. The van der Waals surface area contributed by atoms with Crippen LogP contribution >= 0.6 is 0 Å². The first-order valence-corrected chi connectivity index (χ1v) is 5.48. The predicted molar refractivity (Wildman–Crippen MR) is 64.2 cm³/mol. The molecule has 0 heterocycles. The summed E-state index contributed by atoms with van der Waals surface area (Å²) < 4.78 is 0. The van der Waals surface area contributed by atoms with Crippen molar-refractivity contribution in [3.63, 3.8) is 0 Å². The van der Waals surface area contributed by atoms with E-state index in [0.717, 1.165) is 32.7 Å². The van der Waals surface area contributed by atoms with Gasteiger partial charge in [0.2, 0.25) is 0 Å². The fourth-order valence-electron chi connectivity index (χ4n) is 1.49. The lowest BCUT2D eigenvalue weighted by Crippen LogP contribution is -2.39. The van der Waals surface area contributed by atoms with Gasteiger partial charge in [0.05, 0.1) is 0 Å². The second-order valence-electron chi connectivity index (χ2n) is 4.02. The zero-order chi connectivity index (χ0) is 11.7. The second-order valence-corrected chi connectivity index (χ2v) is 4.02. The maximum atomic E-state index is 10.6. The maximum absolute atomic E-state index is 10.6. The van der Waals surface area contributed by atoms with Crippen LogP contribution in [0.3, 0.4) is 0 Å². The van der Waals surface area contributed by atoms with Crippen molar-refractivity contribution in [3.8, 4) is 0 Å². The van der Waals surface area contributed by atoms with Gasteiger partial charge in [-0.2, -0.15) is 4.91 Å². The minimum absolute atomic E-state index is 0.128. The molecule has 0 aliphatic carbocycles. The number of likely N-dealkylation sites (N-methyl/N-ethyl adjacent to an activating group) is 3. The molecule has 0 aromatic carbocycles. The lowest BCUT2D eigenvalue weighted by molar-refractivity contribution is 0.247. The van der Waals surface area contributed by atoms with Gasteiger partial charge in [0.1, 0.15) is 6.04 Å². The van der Waals surface area contributed by atoms with Gasteiger partial charge in [-0.05, 0) is 27.7 Å². The van der Waals surface area contributed by atoms with Crippen molar-refractivity contribution in [1.82, 2.24) is 15.1 Å². The quantitative estimate of drug-likeness (QED) is 0.560. The largest absolute Gasteiger partial charge is 0.318 e. The average molecular weight is 216 g/mol. The van der Waals surface area contributed by atoms with Crippen LogP contribution in [0.25, 0.3) is 0 Å². The Labute approximate surface area is 92.8 Å². The predicted octanol–water partition coefficient (Wildman–Crippen LogP) is 0.224. The van der Waals surface area contributed by atoms with Crippen LogP contribution < -0.4 is 5.32 Å². The highest BCUT2D eigenvalue weighted by molar-refractivity contribution is 4.73. The Hall–Kier alpha value is -0.520. The summed E-state index contributed by atoms with van der Waals surface area (Å²) in [5.74, 6) is 0. The molecule has 0 aromatic heterocycles. The highest BCUT2D eigenvalue weighted by atomic mass is 16.3. The summed E-state index contributed by atoms with van der Waals surface area (Å²) >= 11 is 0. The summed E-state index contributed by atoms with van der Waals surface area (Å²) in [6.45, 7) is 6.45. The molecule has 1 N–H and O–H groups in total. The van der Waals surface area contributed by atoms with Gasteiger partial charge in [-0.3, -0.25) is 0 Å². The molecule has 0 aliphatic heterocycles. The number of hydrogen-bond acceptors (Lipinski definition) is 5. The molecular weight excluding hydrogens is 192 g/mol. The van der Waals surface area contributed by atoms with E-state index in [1.54, 1.807) is 0 Å². The first-order chi connectivity index (χ1) is 7.13. The number of rotatable bonds is 9. The topological polar surface area (TPSA) is 47.9 Å². The summed E-state index contributed by atoms with van der Waals surface area (Å²) in [6.07, 6.45) is 0. The molecule has 1 atom stereocenters. The monoisotopic (exact) mass is 216 g/mol. The Kier molecular flexibility index (Phi) is 8.46. The van der Waals surface area contributed by atoms with E-state index < -0.39 is 0 Å². The summed E-state index contributed by atoms with van der Waals surface area (Å²) in [5, 5.41) is 6.27. The van der Waals surface area contributed by atoms with Crippen LogP contribution in [0.5, 0.6) is 0 Å². The number of nitrogens with zero attached hydrogens (tertiary/aromatic N) is 3. The van der Waals surface area contributed by atoms with Crippen molar-refractivity contribution < 1.29 is 0 Å². The number of nitroso groups, excluding NO2 is 1. The lowest BCUT2D eigenvalue weighted by atomic mass is 10.2. The van der Waals surface area contributed by atoms with Gasteiger partial charge in [0, 0.05) is 26.2 Å². The smallest absolute Gasteiger partial charge is 0.117 e. The molecule has 5 heteroatoms. The van der Waals surface area contributed by atoms with Crippen LogP contribution in [0.2, 0.25) is 0 Å². The van der Waals surface area contributed by atoms with Crippen molar-refractivity contribution in [2.75, 3.05) is 53.9 Å². The molecule has 5 nitrogen and oxygen atoms in total. The van der Waals surface area contributed by atoms with E-state index in [1.807, 2.05) is 26.0 Å².